The number of carbonyl (C=O) groups excluding carboxylic acids is 2. The van der Waals surface area contributed by atoms with Crippen LogP contribution in [-0.2, 0) is 28.5 Å². The summed E-state index contributed by atoms with van der Waals surface area (Å²) in [5, 5.41) is 10.0. The largest absolute Gasteiger partial charge is 0.456 e. The fraction of sp³-hybridized carbons (Fsp3) is 0.538. The van der Waals surface area contributed by atoms with Crippen molar-refractivity contribution >= 4 is 17.4 Å². The normalized spacial score (nSPS) is 24.5. The van der Waals surface area contributed by atoms with Crippen molar-refractivity contribution in [2.24, 2.45) is 0 Å². The van der Waals surface area contributed by atoms with Crippen LogP contribution in [0.15, 0.2) is 46.1 Å². The van der Waals surface area contributed by atoms with Crippen LogP contribution in [0.25, 0.3) is 0 Å². The van der Waals surface area contributed by atoms with Crippen LogP contribution in [0.3, 0.4) is 0 Å². The SMILES string of the molecule is COC1(O[C@@H]2[C@H](OC(=O)CCC(C)=O)[C@@H](CO)O[C@H]2n2ccc(=O)[nH]c2=O)CCN(c2ccccc2F)CC1. The van der Waals surface area contributed by atoms with Crippen molar-refractivity contribution in [1.82, 2.24) is 9.55 Å². The number of nitrogens with zero attached hydrogens (tertiary/aromatic N) is 2. The van der Waals surface area contributed by atoms with Crippen LogP contribution in [0.5, 0.6) is 0 Å². The number of aliphatic hydroxyl groups excluding tert-OH is 1. The van der Waals surface area contributed by atoms with Crippen LogP contribution in [0.2, 0.25) is 0 Å². The Morgan fingerprint density at radius 3 is 2.49 bits per heavy atom. The van der Waals surface area contributed by atoms with E-state index in [1.165, 1.54) is 26.3 Å². The Hall–Kier alpha value is -3.39. The molecule has 212 valence electrons. The molecule has 0 spiro atoms. The van der Waals surface area contributed by atoms with Crippen molar-refractivity contribution in [3.8, 4) is 0 Å². The number of nitrogens with one attached hydrogen (secondary N) is 1. The summed E-state index contributed by atoms with van der Waals surface area (Å²) in [6.07, 6.45) is -3.02. The van der Waals surface area contributed by atoms with Crippen molar-refractivity contribution in [2.75, 3.05) is 31.7 Å². The molecule has 0 aliphatic carbocycles. The van der Waals surface area contributed by atoms with Crippen LogP contribution in [0.4, 0.5) is 10.1 Å². The standard InChI is InChI=1S/C26H32FN3O9/c1-16(32)7-8-21(34)38-22-19(15-31)37-24(30-12-9-20(33)28-25(30)35)23(22)39-26(36-2)10-13-29(14-11-26)18-6-4-3-5-17(18)27/h3-6,9,12,19,22-24,31H,7-8,10-11,13-15H2,1-2H3,(H,28,33,35)/t19-,22-,23-,24-/m1/s1. The first kappa shape index (κ1) is 28.6. The third-order valence-corrected chi connectivity index (χ3v) is 6.98. The number of methoxy groups -OCH3 is 1. The highest BCUT2D eigenvalue weighted by molar-refractivity contribution is 5.81. The highest BCUT2D eigenvalue weighted by Crippen LogP contribution is 2.39. The minimum absolute atomic E-state index is 0.0293. The second-order valence-electron chi connectivity index (χ2n) is 9.56. The topological polar surface area (TPSA) is 149 Å². The highest BCUT2D eigenvalue weighted by atomic mass is 19.1. The van der Waals surface area contributed by atoms with E-state index in [2.05, 4.69) is 4.98 Å². The van der Waals surface area contributed by atoms with Gasteiger partial charge in [0.15, 0.2) is 18.1 Å². The number of halogens is 1. The number of rotatable bonds is 10. The van der Waals surface area contributed by atoms with Crippen molar-refractivity contribution < 1.29 is 38.0 Å². The summed E-state index contributed by atoms with van der Waals surface area (Å²) in [5.41, 5.74) is -0.963. The zero-order chi connectivity index (χ0) is 28.2. The number of aromatic amines is 1. The number of piperidine rings is 1. The summed E-state index contributed by atoms with van der Waals surface area (Å²) < 4.78 is 39.2. The summed E-state index contributed by atoms with van der Waals surface area (Å²) in [5.74, 6) is -2.48. The van der Waals surface area contributed by atoms with Crippen molar-refractivity contribution in [3.63, 3.8) is 0 Å². The second-order valence-corrected chi connectivity index (χ2v) is 9.56. The van der Waals surface area contributed by atoms with Crippen molar-refractivity contribution in [2.45, 2.75) is 62.9 Å². The van der Waals surface area contributed by atoms with E-state index >= 15 is 0 Å². The Balaban J connectivity index is 1.62. The molecule has 1 aromatic heterocycles. The zero-order valence-electron chi connectivity index (χ0n) is 21.7. The molecule has 2 fully saturated rings. The number of hydrogen-bond donors (Lipinski definition) is 2. The minimum atomic E-state index is -1.23. The smallest absolute Gasteiger partial charge is 0.330 e. The number of aromatic nitrogens is 2. The van der Waals surface area contributed by atoms with Crippen LogP contribution in [0.1, 0.15) is 38.8 Å². The number of Topliss-reactive ketones (excluding diaryl/α,β-unsaturated/α-hetero) is 1. The number of benzene rings is 1. The van der Waals surface area contributed by atoms with Gasteiger partial charge in [0, 0.05) is 51.7 Å². The van der Waals surface area contributed by atoms with Gasteiger partial charge in [-0.3, -0.25) is 19.1 Å². The number of esters is 1. The molecule has 12 nitrogen and oxygen atoms in total. The lowest BCUT2D eigenvalue weighted by atomic mass is 10.0. The average molecular weight is 550 g/mol. The molecule has 2 saturated heterocycles. The van der Waals surface area contributed by atoms with E-state index in [9.17, 15) is 28.7 Å². The zero-order valence-corrected chi connectivity index (χ0v) is 21.7. The Morgan fingerprint density at radius 2 is 1.87 bits per heavy atom. The fourth-order valence-electron chi connectivity index (χ4n) is 4.88. The summed E-state index contributed by atoms with van der Waals surface area (Å²) in [6, 6.07) is 7.55. The lowest BCUT2D eigenvalue weighted by Gasteiger charge is -2.43. The van der Waals surface area contributed by atoms with E-state index in [4.69, 9.17) is 18.9 Å². The third kappa shape index (κ3) is 6.44. The molecule has 2 N–H and O–H groups in total. The third-order valence-electron chi connectivity index (χ3n) is 6.98. The molecule has 0 saturated carbocycles. The molecule has 39 heavy (non-hydrogen) atoms. The maximum Gasteiger partial charge on any atom is 0.330 e. The maximum absolute atomic E-state index is 14.4. The number of ether oxygens (including phenoxy) is 4. The van der Waals surface area contributed by atoms with E-state index in [0.29, 0.717) is 18.8 Å². The van der Waals surface area contributed by atoms with Gasteiger partial charge in [0.1, 0.15) is 23.8 Å². The second kappa shape index (κ2) is 12.2. The molecular formula is C26H32FN3O9. The Bertz CT molecular complexity index is 1290. The number of aliphatic hydroxyl groups is 1. The quantitative estimate of drug-likeness (QED) is 0.323. The van der Waals surface area contributed by atoms with Gasteiger partial charge in [-0.2, -0.15) is 0 Å². The number of ketones is 1. The molecule has 1 aromatic carbocycles. The molecule has 0 bridgehead atoms. The van der Waals surface area contributed by atoms with Crippen LogP contribution in [0, 0.1) is 5.82 Å². The Labute approximate surface area is 223 Å². The van der Waals surface area contributed by atoms with Gasteiger partial charge < -0.3 is 33.7 Å². The number of para-hydroxylation sites is 1. The number of hydrogen-bond acceptors (Lipinski definition) is 10. The van der Waals surface area contributed by atoms with E-state index in [0.717, 1.165) is 10.6 Å². The van der Waals surface area contributed by atoms with Gasteiger partial charge in [0.05, 0.1) is 18.7 Å². The van der Waals surface area contributed by atoms with E-state index in [1.807, 2.05) is 4.90 Å². The molecule has 4 atom stereocenters. The first-order valence-corrected chi connectivity index (χ1v) is 12.7. The molecule has 0 radical (unpaired) electrons. The highest BCUT2D eigenvalue weighted by Gasteiger charge is 2.53. The molecule has 0 amide bonds. The van der Waals surface area contributed by atoms with Crippen LogP contribution >= 0.6 is 0 Å². The summed E-state index contributed by atoms with van der Waals surface area (Å²) in [4.78, 5) is 52.2. The van der Waals surface area contributed by atoms with Gasteiger partial charge in [-0.05, 0) is 19.1 Å². The Morgan fingerprint density at radius 1 is 1.15 bits per heavy atom. The molecule has 13 heteroatoms. The molecule has 2 aliphatic heterocycles. The Kier molecular flexibility index (Phi) is 8.95. The lowest BCUT2D eigenvalue weighted by Crippen LogP contribution is -2.53. The minimum Gasteiger partial charge on any atom is -0.456 e. The molecule has 4 rings (SSSR count). The average Bonchev–Trinajstić information content (AvgIpc) is 3.24. The van der Waals surface area contributed by atoms with Gasteiger partial charge in [-0.25, -0.2) is 9.18 Å². The number of anilines is 1. The summed E-state index contributed by atoms with van der Waals surface area (Å²) >= 11 is 0. The molecular weight excluding hydrogens is 517 g/mol. The predicted molar refractivity (Wildman–Crippen MR) is 135 cm³/mol. The van der Waals surface area contributed by atoms with Gasteiger partial charge in [0.2, 0.25) is 0 Å². The molecule has 2 aromatic rings. The van der Waals surface area contributed by atoms with E-state index in [-0.39, 0.29) is 37.3 Å². The first-order valence-electron chi connectivity index (χ1n) is 12.7. The number of H-pyrrole nitrogens is 1. The van der Waals surface area contributed by atoms with Crippen molar-refractivity contribution in [1.29, 1.82) is 0 Å². The summed E-state index contributed by atoms with van der Waals surface area (Å²) in [7, 11) is 1.45. The van der Waals surface area contributed by atoms with Gasteiger partial charge in [-0.15, -0.1) is 0 Å². The first-order chi connectivity index (χ1) is 18.7. The van der Waals surface area contributed by atoms with E-state index < -0.39 is 54.2 Å². The summed E-state index contributed by atoms with van der Waals surface area (Å²) in [6.45, 7) is 1.53. The maximum atomic E-state index is 14.4. The van der Waals surface area contributed by atoms with Gasteiger partial charge in [-0.1, -0.05) is 12.1 Å². The monoisotopic (exact) mass is 549 g/mol. The van der Waals surface area contributed by atoms with Gasteiger partial charge >= 0.3 is 11.7 Å². The van der Waals surface area contributed by atoms with Crippen molar-refractivity contribution in [3.05, 3.63) is 63.2 Å². The molecule has 0 unspecified atom stereocenters. The molecule has 3 heterocycles. The van der Waals surface area contributed by atoms with Crippen LogP contribution < -0.4 is 16.1 Å². The molecule has 2 aliphatic rings. The van der Waals surface area contributed by atoms with E-state index in [1.54, 1.807) is 18.2 Å². The fourth-order valence-corrected chi connectivity index (χ4v) is 4.88. The predicted octanol–water partition coefficient (Wildman–Crippen LogP) is 0.875. The van der Waals surface area contributed by atoms with Crippen LogP contribution in [-0.4, -0.2) is 77.3 Å². The van der Waals surface area contributed by atoms with Gasteiger partial charge in [0.25, 0.3) is 5.56 Å². The number of carbonyl (C=O) groups is 2. The lowest BCUT2D eigenvalue weighted by molar-refractivity contribution is -0.277.